The van der Waals surface area contributed by atoms with E-state index in [1.807, 2.05) is 43.3 Å². The van der Waals surface area contributed by atoms with Gasteiger partial charge in [-0.3, -0.25) is 9.59 Å². The molecule has 3 amide bonds. The quantitative estimate of drug-likeness (QED) is 0.294. The number of carbonyl (C=O) groups is 3. The van der Waals surface area contributed by atoms with Gasteiger partial charge in [0.2, 0.25) is 5.91 Å². The van der Waals surface area contributed by atoms with Gasteiger partial charge in [-0.15, -0.1) is 6.42 Å². The van der Waals surface area contributed by atoms with Crippen molar-refractivity contribution in [2.75, 3.05) is 11.9 Å². The first-order valence-electron chi connectivity index (χ1n) is 13.4. The largest absolute Gasteiger partial charge is 0.444 e. The van der Waals surface area contributed by atoms with E-state index in [1.165, 1.54) is 4.90 Å². The third-order valence-electron chi connectivity index (χ3n) is 6.32. The molecule has 2 unspecified atom stereocenters. The summed E-state index contributed by atoms with van der Waals surface area (Å²) in [6.07, 6.45) is 5.02. The summed E-state index contributed by atoms with van der Waals surface area (Å²) in [7, 11) is 0. The van der Waals surface area contributed by atoms with E-state index in [1.54, 1.807) is 64.1 Å². The molecule has 0 heterocycles. The van der Waals surface area contributed by atoms with E-state index in [2.05, 4.69) is 16.6 Å². The highest BCUT2D eigenvalue weighted by molar-refractivity contribution is 6.34. The molecule has 8 heteroatoms. The minimum absolute atomic E-state index is 0.177. The van der Waals surface area contributed by atoms with E-state index in [-0.39, 0.29) is 13.0 Å². The van der Waals surface area contributed by atoms with Gasteiger partial charge >= 0.3 is 6.09 Å². The Balaban J connectivity index is 2.04. The minimum atomic E-state index is -1.05. The summed E-state index contributed by atoms with van der Waals surface area (Å²) in [6.45, 7) is 9.03. The van der Waals surface area contributed by atoms with Crippen molar-refractivity contribution in [1.29, 1.82) is 0 Å². The molecule has 0 aromatic heterocycles. The summed E-state index contributed by atoms with van der Waals surface area (Å²) in [6, 6.07) is 19.5. The number of terminal acetylenes is 1. The zero-order valence-corrected chi connectivity index (χ0v) is 24.8. The topological polar surface area (TPSA) is 87.7 Å². The van der Waals surface area contributed by atoms with Crippen molar-refractivity contribution >= 4 is 35.2 Å². The number of halogens is 1. The molecule has 214 valence electrons. The van der Waals surface area contributed by atoms with Gasteiger partial charge < -0.3 is 20.3 Å². The number of rotatable bonds is 9. The van der Waals surface area contributed by atoms with Crippen molar-refractivity contribution in [2.24, 2.45) is 0 Å². The van der Waals surface area contributed by atoms with Crippen LogP contribution < -0.4 is 10.6 Å². The van der Waals surface area contributed by atoms with Crippen LogP contribution in [0.5, 0.6) is 0 Å². The Morgan fingerprint density at radius 3 is 2.22 bits per heavy atom. The monoisotopic (exact) mass is 573 g/mol. The molecule has 3 aromatic rings. The summed E-state index contributed by atoms with van der Waals surface area (Å²) < 4.78 is 5.46. The van der Waals surface area contributed by atoms with Gasteiger partial charge in [0.05, 0.1) is 10.7 Å². The molecule has 7 nitrogen and oxygen atoms in total. The molecule has 3 aromatic carbocycles. The molecule has 0 fully saturated rings. The summed E-state index contributed by atoms with van der Waals surface area (Å²) in [5, 5.41) is 6.03. The van der Waals surface area contributed by atoms with E-state index in [9.17, 15) is 14.4 Å². The Hall–Kier alpha value is -4.28. The van der Waals surface area contributed by atoms with Crippen LogP contribution in [0.25, 0.3) is 0 Å². The fourth-order valence-electron chi connectivity index (χ4n) is 4.38. The normalized spacial score (nSPS) is 12.4. The zero-order chi connectivity index (χ0) is 30.2. The van der Waals surface area contributed by atoms with Crippen LogP contribution in [0.3, 0.4) is 0 Å². The molecule has 41 heavy (non-hydrogen) atoms. The molecule has 0 spiro atoms. The van der Waals surface area contributed by atoms with Crippen molar-refractivity contribution in [3.8, 4) is 12.3 Å². The second-order valence-electron chi connectivity index (χ2n) is 10.6. The highest BCUT2D eigenvalue weighted by atomic mass is 35.5. The lowest BCUT2D eigenvalue weighted by molar-refractivity contribution is -0.140. The van der Waals surface area contributed by atoms with E-state index in [0.29, 0.717) is 21.8 Å². The number of likely N-dealkylation sites (N-methyl/N-ethyl adjacent to an activating group) is 1. The number of nitrogens with zero attached hydrogens (tertiary/aromatic N) is 1. The molecule has 0 saturated heterocycles. The number of alkyl carbamates (subject to hydrolysis) is 1. The Morgan fingerprint density at radius 1 is 1.00 bits per heavy atom. The van der Waals surface area contributed by atoms with Crippen molar-refractivity contribution in [1.82, 2.24) is 10.2 Å². The average Bonchev–Trinajstić information content (AvgIpc) is 2.92. The molecule has 0 saturated carbocycles. The predicted molar refractivity (Wildman–Crippen MR) is 163 cm³/mol. The van der Waals surface area contributed by atoms with E-state index in [0.717, 1.165) is 11.1 Å². The lowest BCUT2D eigenvalue weighted by Crippen LogP contribution is -2.53. The van der Waals surface area contributed by atoms with Gasteiger partial charge in [0.25, 0.3) is 5.91 Å². The van der Waals surface area contributed by atoms with Gasteiger partial charge in [-0.2, -0.15) is 0 Å². The van der Waals surface area contributed by atoms with Crippen LogP contribution in [0.4, 0.5) is 10.5 Å². The SMILES string of the molecule is C#Cc1ccc(C(C(=O)Nc2c(C)cccc2Cl)N(CC)C(=O)C(Cc2ccccc2)NC(=O)OC(C)(C)C)cc1. The molecule has 0 aliphatic carbocycles. The highest BCUT2D eigenvalue weighted by Gasteiger charge is 2.36. The van der Waals surface area contributed by atoms with E-state index in [4.69, 9.17) is 22.8 Å². The van der Waals surface area contributed by atoms with Crippen LogP contribution in [0.15, 0.2) is 72.8 Å². The molecule has 0 aliphatic rings. The number of hydrogen-bond donors (Lipinski definition) is 2. The van der Waals surface area contributed by atoms with E-state index >= 15 is 0 Å². The van der Waals surface area contributed by atoms with Crippen LogP contribution in [-0.4, -0.2) is 41.0 Å². The molecule has 2 atom stereocenters. The van der Waals surface area contributed by atoms with Crippen LogP contribution in [0, 0.1) is 19.3 Å². The van der Waals surface area contributed by atoms with Crippen molar-refractivity contribution in [3.05, 3.63) is 100 Å². The Labute approximate surface area is 247 Å². The third kappa shape index (κ3) is 8.60. The van der Waals surface area contributed by atoms with Crippen molar-refractivity contribution < 1.29 is 19.1 Å². The average molecular weight is 574 g/mol. The Morgan fingerprint density at radius 2 is 1.66 bits per heavy atom. The first kappa shape index (κ1) is 31.3. The number of carbonyl (C=O) groups excluding carboxylic acids is 3. The molecule has 3 rings (SSSR count). The number of nitrogens with one attached hydrogen (secondary N) is 2. The van der Waals surface area contributed by atoms with Crippen molar-refractivity contribution in [2.45, 2.75) is 58.7 Å². The van der Waals surface area contributed by atoms with Gasteiger partial charge in [0.1, 0.15) is 17.7 Å². The lowest BCUT2D eigenvalue weighted by Gasteiger charge is -2.34. The zero-order valence-electron chi connectivity index (χ0n) is 24.0. The predicted octanol–water partition coefficient (Wildman–Crippen LogP) is 6.29. The minimum Gasteiger partial charge on any atom is -0.444 e. The summed E-state index contributed by atoms with van der Waals surface area (Å²) in [5.41, 5.74) is 2.50. The van der Waals surface area contributed by atoms with Gasteiger partial charge in [0, 0.05) is 18.5 Å². The number of hydrogen-bond acceptors (Lipinski definition) is 4. The lowest BCUT2D eigenvalue weighted by atomic mass is 9.99. The fourth-order valence-corrected chi connectivity index (χ4v) is 4.65. The van der Waals surface area contributed by atoms with Crippen LogP contribution >= 0.6 is 11.6 Å². The Kier molecular flexibility index (Phi) is 10.6. The van der Waals surface area contributed by atoms with Gasteiger partial charge in [-0.25, -0.2) is 4.79 Å². The summed E-state index contributed by atoms with van der Waals surface area (Å²) in [5.74, 6) is 1.67. The molecular weight excluding hydrogens is 538 g/mol. The number of aryl methyl sites for hydroxylation is 1. The maximum Gasteiger partial charge on any atom is 0.408 e. The standard InChI is InChI=1S/C33H36ClN3O4/c1-7-23-17-19-25(20-18-23)29(30(38)36-28-22(3)13-12-16-26(28)34)37(8-2)31(39)27(21-24-14-10-9-11-15-24)35-32(40)41-33(4,5)6/h1,9-20,27,29H,8,21H2,2-6H3,(H,35,40)(H,36,38). The maximum absolute atomic E-state index is 14.2. The number of amides is 3. The van der Waals surface area contributed by atoms with Crippen molar-refractivity contribution in [3.63, 3.8) is 0 Å². The summed E-state index contributed by atoms with van der Waals surface area (Å²) in [4.78, 5) is 42.4. The molecule has 0 aliphatic heterocycles. The second kappa shape index (κ2) is 13.9. The smallest absolute Gasteiger partial charge is 0.408 e. The molecule has 0 radical (unpaired) electrons. The molecular formula is C33H36ClN3O4. The number of anilines is 1. The second-order valence-corrected chi connectivity index (χ2v) is 11.0. The van der Waals surface area contributed by atoms with Crippen LogP contribution in [0.2, 0.25) is 5.02 Å². The van der Waals surface area contributed by atoms with E-state index < -0.39 is 35.6 Å². The first-order chi connectivity index (χ1) is 19.4. The number of ether oxygens (including phenoxy) is 1. The molecule has 2 N–H and O–H groups in total. The fraction of sp³-hybridized carbons (Fsp3) is 0.303. The maximum atomic E-state index is 14.2. The van der Waals surface area contributed by atoms with Gasteiger partial charge in [-0.05, 0) is 69.5 Å². The van der Waals surface area contributed by atoms with Gasteiger partial charge in [0.15, 0.2) is 0 Å². The van der Waals surface area contributed by atoms with Gasteiger partial charge in [-0.1, -0.05) is 72.1 Å². The first-order valence-corrected chi connectivity index (χ1v) is 13.8. The Bertz CT molecular complexity index is 1390. The molecule has 0 bridgehead atoms. The van der Waals surface area contributed by atoms with Crippen LogP contribution in [-0.2, 0) is 20.7 Å². The van der Waals surface area contributed by atoms with Crippen LogP contribution in [0.1, 0.15) is 56.0 Å². The number of benzene rings is 3. The highest BCUT2D eigenvalue weighted by Crippen LogP contribution is 2.29. The third-order valence-corrected chi connectivity index (χ3v) is 6.63. The number of para-hydroxylation sites is 1. The summed E-state index contributed by atoms with van der Waals surface area (Å²) >= 11 is 6.41.